The number of methoxy groups -OCH3 is 1. The van der Waals surface area contributed by atoms with Crippen molar-refractivity contribution >= 4 is 5.97 Å². The zero-order valence-corrected chi connectivity index (χ0v) is 10.2. The molecule has 0 aliphatic heterocycles. The highest BCUT2D eigenvalue weighted by atomic mass is 16.5. The minimum atomic E-state index is -0.326. The van der Waals surface area contributed by atoms with Crippen LogP contribution in [0, 0.1) is 5.92 Å². The van der Waals surface area contributed by atoms with Crippen molar-refractivity contribution in [1.82, 2.24) is 10.3 Å². The van der Waals surface area contributed by atoms with Crippen LogP contribution in [0.4, 0.5) is 0 Å². The molecule has 4 heteroatoms. The van der Waals surface area contributed by atoms with Crippen LogP contribution >= 0.6 is 0 Å². The summed E-state index contributed by atoms with van der Waals surface area (Å²) in [5.41, 5.74) is 1.58. The predicted octanol–water partition coefficient (Wildman–Crippen LogP) is 1.94. The molecule has 0 aromatic carbocycles. The van der Waals surface area contributed by atoms with Crippen LogP contribution in [-0.4, -0.2) is 24.6 Å². The Morgan fingerprint density at radius 1 is 1.56 bits per heavy atom. The van der Waals surface area contributed by atoms with Gasteiger partial charge in [0.05, 0.1) is 7.11 Å². The third kappa shape index (κ3) is 4.06. The van der Waals surface area contributed by atoms with E-state index in [4.69, 9.17) is 0 Å². The predicted molar refractivity (Wildman–Crippen MR) is 63.3 cm³/mol. The maximum absolute atomic E-state index is 11.2. The Bertz CT molecular complexity index is 332. The SMILES string of the molecule is COC(=O)c1cc(CNCCC(C)C)c[nH]1. The smallest absolute Gasteiger partial charge is 0.354 e. The number of hydrogen-bond acceptors (Lipinski definition) is 3. The molecule has 0 bridgehead atoms. The summed E-state index contributed by atoms with van der Waals surface area (Å²) in [5, 5.41) is 3.33. The van der Waals surface area contributed by atoms with Crippen molar-refractivity contribution in [2.45, 2.75) is 26.8 Å². The molecule has 0 aliphatic carbocycles. The van der Waals surface area contributed by atoms with E-state index >= 15 is 0 Å². The lowest BCUT2D eigenvalue weighted by Crippen LogP contribution is -2.15. The number of rotatable bonds is 6. The molecule has 16 heavy (non-hydrogen) atoms. The Morgan fingerprint density at radius 3 is 2.94 bits per heavy atom. The topological polar surface area (TPSA) is 54.1 Å². The van der Waals surface area contributed by atoms with E-state index in [1.54, 1.807) is 0 Å². The Balaban J connectivity index is 2.32. The van der Waals surface area contributed by atoms with Gasteiger partial charge < -0.3 is 15.0 Å². The maximum atomic E-state index is 11.2. The first kappa shape index (κ1) is 12.8. The van der Waals surface area contributed by atoms with Crippen LogP contribution in [0.25, 0.3) is 0 Å². The molecule has 0 amide bonds. The van der Waals surface area contributed by atoms with E-state index in [2.05, 4.69) is 28.9 Å². The van der Waals surface area contributed by atoms with Gasteiger partial charge in [0.25, 0.3) is 0 Å². The second-order valence-corrected chi connectivity index (χ2v) is 4.27. The number of H-pyrrole nitrogens is 1. The van der Waals surface area contributed by atoms with Gasteiger partial charge in [0.2, 0.25) is 0 Å². The minimum absolute atomic E-state index is 0.326. The van der Waals surface area contributed by atoms with Gasteiger partial charge in [-0.15, -0.1) is 0 Å². The van der Waals surface area contributed by atoms with E-state index in [-0.39, 0.29) is 5.97 Å². The van der Waals surface area contributed by atoms with Crippen molar-refractivity contribution in [2.75, 3.05) is 13.7 Å². The van der Waals surface area contributed by atoms with Crippen LogP contribution in [0.3, 0.4) is 0 Å². The van der Waals surface area contributed by atoms with Crippen LogP contribution in [0.2, 0.25) is 0 Å². The van der Waals surface area contributed by atoms with Crippen molar-refractivity contribution in [3.63, 3.8) is 0 Å². The molecule has 0 saturated heterocycles. The van der Waals surface area contributed by atoms with E-state index in [0.717, 1.165) is 25.1 Å². The highest BCUT2D eigenvalue weighted by molar-refractivity contribution is 5.87. The fourth-order valence-corrected chi connectivity index (χ4v) is 1.39. The summed E-state index contributed by atoms with van der Waals surface area (Å²) in [6.07, 6.45) is 2.99. The number of aromatic amines is 1. The van der Waals surface area contributed by atoms with Gasteiger partial charge in [-0.2, -0.15) is 0 Å². The van der Waals surface area contributed by atoms with Gasteiger partial charge in [0.1, 0.15) is 5.69 Å². The third-order valence-corrected chi connectivity index (χ3v) is 2.38. The van der Waals surface area contributed by atoms with Crippen LogP contribution in [0.5, 0.6) is 0 Å². The largest absolute Gasteiger partial charge is 0.464 e. The number of hydrogen-bond donors (Lipinski definition) is 2. The summed E-state index contributed by atoms with van der Waals surface area (Å²) in [6.45, 7) is 6.18. The third-order valence-electron chi connectivity index (χ3n) is 2.38. The highest BCUT2D eigenvalue weighted by Gasteiger charge is 2.07. The Morgan fingerprint density at radius 2 is 2.31 bits per heavy atom. The highest BCUT2D eigenvalue weighted by Crippen LogP contribution is 2.05. The van der Waals surface area contributed by atoms with Gasteiger partial charge in [-0.1, -0.05) is 13.8 Å². The van der Waals surface area contributed by atoms with E-state index in [1.807, 2.05) is 12.3 Å². The number of aromatic nitrogens is 1. The quantitative estimate of drug-likeness (QED) is 0.573. The monoisotopic (exact) mass is 224 g/mol. The van der Waals surface area contributed by atoms with Gasteiger partial charge in [-0.25, -0.2) is 4.79 Å². The van der Waals surface area contributed by atoms with E-state index in [0.29, 0.717) is 11.6 Å². The summed E-state index contributed by atoms with van der Waals surface area (Å²) in [6, 6.07) is 1.81. The molecule has 0 saturated carbocycles. The molecule has 0 unspecified atom stereocenters. The number of carbonyl (C=O) groups excluding carboxylic acids is 1. The number of carbonyl (C=O) groups is 1. The lowest BCUT2D eigenvalue weighted by molar-refractivity contribution is 0.0595. The first-order valence-electron chi connectivity index (χ1n) is 5.59. The molecule has 2 N–H and O–H groups in total. The average molecular weight is 224 g/mol. The van der Waals surface area contributed by atoms with Gasteiger partial charge in [0.15, 0.2) is 0 Å². The summed E-state index contributed by atoms with van der Waals surface area (Å²) >= 11 is 0. The minimum Gasteiger partial charge on any atom is -0.464 e. The lowest BCUT2D eigenvalue weighted by Gasteiger charge is -2.05. The summed E-state index contributed by atoms with van der Waals surface area (Å²) < 4.78 is 4.62. The molecule has 1 rings (SSSR count). The zero-order valence-electron chi connectivity index (χ0n) is 10.2. The van der Waals surface area contributed by atoms with Crippen molar-refractivity contribution in [3.8, 4) is 0 Å². The molecule has 90 valence electrons. The molecule has 1 heterocycles. The summed E-state index contributed by atoms with van der Waals surface area (Å²) in [4.78, 5) is 14.1. The van der Waals surface area contributed by atoms with Gasteiger partial charge >= 0.3 is 5.97 Å². The van der Waals surface area contributed by atoms with Crippen molar-refractivity contribution < 1.29 is 9.53 Å². The molecule has 0 atom stereocenters. The van der Waals surface area contributed by atoms with Crippen LogP contribution in [-0.2, 0) is 11.3 Å². The molecule has 0 aliphatic rings. The molecule has 4 nitrogen and oxygen atoms in total. The molecule has 0 spiro atoms. The van der Waals surface area contributed by atoms with E-state index in [9.17, 15) is 4.79 Å². The van der Waals surface area contributed by atoms with Crippen molar-refractivity contribution in [1.29, 1.82) is 0 Å². The first-order valence-corrected chi connectivity index (χ1v) is 5.59. The first-order chi connectivity index (χ1) is 7.63. The fourth-order valence-electron chi connectivity index (χ4n) is 1.39. The van der Waals surface area contributed by atoms with Gasteiger partial charge in [0, 0.05) is 12.7 Å². The van der Waals surface area contributed by atoms with Crippen LogP contribution in [0.15, 0.2) is 12.3 Å². The molecule has 1 aromatic heterocycles. The van der Waals surface area contributed by atoms with Crippen molar-refractivity contribution in [3.05, 3.63) is 23.5 Å². The fraction of sp³-hybridized carbons (Fsp3) is 0.583. The number of esters is 1. The van der Waals surface area contributed by atoms with Crippen LogP contribution < -0.4 is 5.32 Å². The molecular weight excluding hydrogens is 204 g/mol. The second kappa shape index (κ2) is 6.33. The Kier molecular flexibility index (Phi) is 5.05. The molecule has 1 aromatic rings. The normalized spacial score (nSPS) is 10.8. The molecular formula is C12H20N2O2. The zero-order chi connectivity index (χ0) is 12.0. The van der Waals surface area contributed by atoms with E-state index < -0.39 is 0 Å². The van der Waals surface area contributed by atoms with E-state index in [1.165, 1.54) is 7.11 Å². The molecule has 0 radical (unpaired) electrons. The maximum Gasteiger partial charge on any atom is 0.354 e. The lowest BCUT2D eigenvalue weighted by atomic mass is 10.1. The number of nitrogens with one attached hydrogen (secondary N) is 2. The average Bonchev–Trinajstić information content (AvgIpc) is 2.71. The Hall–Kier alpha value is -1.29. The van der Waals surface area contributed by atoms with Gasteiger partial charge in [-0.05, 0) is 30.5 Å². The second-order valence-electron chi connectivity index (χ2n) is 4.27. The van der Waals surface area contributed by atoms with Crippen LogP contribution in [0.1, 0.15) is 36.3 Å². The van der Waals surface area contributed by atoms with Crippen molar-refractivity contribution in [2.24, 2.45) is 5.92 Å². The Labute approximate surface area is 96.4 Å². The molecule has 0 fully saturated rings. The summed E-state index contributed by atoms with van der Waals surface area (Å²) in [5.74, 6) is 0.387. The number of ether oxygens (including phenoxy) is 1. The standard InChI is InChI=1S/C12H20N2O2/c1-9(2)4-5-13-7-10-6-11(14-8-10)12(15)16-3/h6,8-9,13-14H,4-5,7H2,1-3H3. The summed E-state index contributed by atoms with van der Waals surface area (Å²) in [7, 11) is 1.38. The van der Waals surface area contributed by atoms with Gasteiger partial charge in [-0.3, -0.25) is 0 Å².